The summed E-state index contributed by atoms with van der Waals surface area (Å²) in [4.78, 5) is 0. The van der Waals surface area contributed by atoms with Crippen LogP contribution in [0.5, 0.6) is 11.5 Å². The Morgan fingerprint density at radius 3 is 2.71 bits per heavy atom. The molecule has 0 aromatic heterocycles. The van der Waals surface area contributed by atoms with E-state index in [1.165, 1.54) is 6.07 Å². The van der Waals surface area contributed by atoms with Crippen LogP contribution < -0.4 is 14.8 Å². The summed E-state index contributed by atoms with van der Waals surface area (Å²) in [5.41, 5.74) is 1.29. The van der Waals surface area contributed by atoms with Gasteiger partial charge in [-0.1, -0.05) is 17.7 Å². The van der Waals surface area contributed by atoms with E-state index >= 15 is 0 Å². The Kier molecular flexibility index (Phi) is 5.42. The van der Waals surface area contributed by atoms with Gasteiger partial charge in [0.15, 0.2) is 0 Å². The Morgan fingerprint density at radius 1 is 1.24 bits per heavy atom. The van der Waals surface area contributed by atoms with Crippen LogP contribution in [0.3, 0.4) is 0 Å². The number of rotatable bonds is 6. The van der Waals surface area contributed by atoms with Crippen molar-refractivity contribution in [2.24, 2.45) is 0 Å². The van der Waals surface area contributed by atoms with Gasteiger partial charge < -0.3 is 14.8 Å². The maximum Gasteiger partial charge on any atom is 0.131 e. The Balaban J connectivity index is 2.19. The second-order valence-electron chi connectivity index (χ2n) is 4.49. The molecule has 0 unspecified atom stereocenters. The van der Waals surface area contributed by atoms with Gasteiger partial charge in [-0.05, 0) is 37.4 Å². The third-order valence-electron chi connectivity index (χ3n) is 3.07. The first kappa shape index (κ1) is 15.6. The maximum absolute atomic E-state index is 13.7. The van der Waals surface area contributed by atoms with E-state index in [2.05, 4.69) is 5.32 Å². The summed E-state index contributed by atoms with van der Waals surface area (Å²) in [6.45, 7) is 0.700. The first-order valence-electron chi connectivity index (χ1n) is 6.53. The van der Waals surface area contributed by atoms with Crippen LogP contribution >= 0.6 is 11.6 Å². The average molecular weight is 310 g/mol. The molecule has 0 spiro atoms. The Morgan fingerprint density at radius 2 is 2.05 bits per heavy atom. The van der Waals surface area contributed by atoms with E-state index in [-0.39, 0.29) is 12.4 Å². The van der Waals surface area contributed by atoms with Crippen LogP contribution in [0.2, 0.25) is 5.02 Å². The fraction of sp³-hybridized carbons (Fsp3) is 0.250. The zero-order chi connectivity index (χ0) is 15.2. The van der Waals surface area contributed by atoms with E-state index in [1.807, 2.05) is 13.1 Å². The van der Waals surface area contributed by atoms with Crippen LogP contribution in [0.1, 0.15) is 11.1 Å². The van der Waals surface area contributed by atoms with Crippen molar-refractivity contribution in [3.05, 3.63) is 58.4 Å². The molecule has 0 atom stereocenters. The van der Waals surface area contributed by atoms with Crippen LogP contribution in [0.4, 0.5) is 4.39 Å². The van der Waals surface area contributed by atoms with Gasteiger partial charge in [-0.15, -0.1) is 0 Å². The predicted octanol–water partition coefficient (Wildman–Crippen LogP) is 3.79. The molecule has 0 heterocycles. The molecule has 5 heteroatoms. The summed E-state index contributed by atoms with van der Waals surface area (Å²) in [7, 11) is 3.45. The molecule has 0 fully saturated rings. The van der Waals surface area contributed by atoms with Gasteiger partial charge in [-0.2, -0.15) is 0 Å². The average Bonchev–Trinajstić information content (AvgIpc) is 2.48. The van der Waals surface area contributed by atoms with Gasteiger partial charge in [0, 0.05) is 17.7 Å². The van der Waals surface area contributed by atoms with Gasteiger partial charge in [-0.25, -0.2) is 4.39 Å². The fourth-order valence-corrected chi connectivity index (χ4v) is 2.19. The molecule has 1 N–H and O–H groups in total. The first-order valence-corrected chi connectivity index (χ1v) is 6.90. The van der Waals surface area contributed by atoms with E-state index in [9.17, 15) is 4.39 Å². The SMILES string of the molecule is CNCc1cc(OC)ccc1OCc1c(F)cccc1Cl. The molecule has 0 saturated heterocycles. The zero-order valence-corrected chi connectivity index (χ0v) is 12.7. The summed E-state index contributed by atoms with van der Waals surface area (Å²) < 4.78 is 24.6. The van der Waals surface area contributed by atoms with Gasteiger partial charge >= 0.3 is 0 Å². The maximum atomic E-state index is 13.7. The molecular weight excluding hydrogens is 293 g/mol. The smallest absolute Gasteiger partial charge is 0.131 e. The highest BCUT2D eigenvalue weighted by Crippen LogP contribution is 2.26. The summed E-state index contributed by atoms with van der Waals surface area (Å²) in [5.74, 6) is 1.05. The normalized spacial score (nSPS) is 10.5. The molecular formula is C16H17ClFNO2. The first-order chi connectivity index (χ1) is 10.2. The van der Waals surface area contributed by atoms with E-state index in [0.717, 1.165) is 11.3 Å². The van der Waals surface area contributed by atoms with Crippen molar-refractivity contribution in [2.75, 3.05) is 14.2 Å². The van der Waals surface area contributed by atoms with Crippen LogP contribution in [-0.2, 0) is 13.2 Å². The Bertz CT molecular complexity index is 599. The number of hydrogen-bond acceptors (Lipinski definition) is 3. The van der Waals surface area contributed by atoms with E-state index in [1.54, 1.807) is 31.4 Å². The Hall–Kier alpha value is -1.78. The number of ether oxygens (including phenoxy) is 2. The molecule has 0 aliphatic heterocycles. The van der Waals surface area contributed by atoms with Crippen molar-refractivity contribution in [1.82, 2.24) is 5.32 Å². The molecule has 0 aliphatic carbocycles. The second-order valence-corrected chi connectivity index (χ2v) is 4.90. The van der Waals surface area contributed by atoms with Gasteiger partial charge in [0.25, 0.3) is 0 Å². The molecule has 0 radical (unpaired) electrons. The lowest BCUT2D eigenvalue weighted by atomic mass is 10.2. The van der Waals surface area contributed by atoms with E-state index in [4.69, 9.17) is 21.1 Å². The molecule has 3 nitrogen and oxygen atoms in total. The number of halogens is 2. The lowest BCUT2D eigenvalue weighted by molar-refractivity contribution is 0.295. The summed E-state index contributed by atoms with van der Waals surface area (Å²) >= 11 is 5.99. The lowest BCUT2D eigenvalue weighted by Crippen LogP contribution is -2.08. The van der Waals surface area contributed by atoms with Crippen LogP contribution in [0.25, 0.3) is 0 Å². The lowest BCUT2D eigenvalue weighted by Gasteiger charge is -2.14. The van der Waals surface area contributed by atoms with Crippen molar-refractivity contribution >= 4 is 11.6 Å². The summed E-state index contributed by atoms with van der Waals surface area (Å²) in [5, 5.41) is 3.42. The minimum Gasteiger partial charge on any atom is -0.497 e. The third-order valence-corrected chi connectivity index (χ3v) is 3.42. The molecule has 112 valence electrons. The molecule has 0 aliphatic rings. The van der Waals surface area contributed by atoms with Crippen molar-refractivity contribution in [1.29, 1.82) is 0 Å². The number of nitrogens with one attached hydrogen (secondary N) is 1. The van der Waals surface area contributed by atoms with Crippen LogP contribution in [-0.4, -0.2) is 14.2 Å². The molecule has 0 saturated carbocycles. The number of methoxy groups -OCH3 is 1. The topological polar surface area (TPSA) is 30.5 Å². The van der Waals surface area contributed by atoms with Gasteiger partial charge in [-0.3, -0.25) is 0 Å². The Labute approximate surface area is 128 Å². The minimum atomic E-state index is -0.369. The number of hydrogen-bond donors (Lipinski definition) is 1. The van der Waals surface area contributed by atoms with Crippen LogP contribution in [0.15, 0.2) is 36.4 Å². The highest BCUT2D eigenvalue weighted by molar-refractivity contribution is 6.31. The number of benzene rings is 2. The van der Waals surface area contributed by atoms with Crippen LogP contribution in [0, 0.1) is 5.82 Å². The quantitative estimate of drug-likeness (QED) is 0.880. The van der Waals surface area contributed by atoms with Gasteiger partial charge in [0.05, 0.1) is 12.1 Å². The predicted molar refractivity (Wildman–Crippen MR) is 81.5 cm³/mol. The van der Waals surface area contributed by atoms with Gasteiger partial charge in [0.2, 0.25) is 0 Å². The molecule has 2 aromatic carbocycles. The summed E-state index contributed by atoms with van der Waals surface area (Å²) in [6, 6.07) is 10.1. The van der Waals surface area contributed by atoms with Gasteiger partial charge in [0.1, 0.15) is 23.9 Å². The van der Waals surface area contributed by atoms with Crippen molar-refractivity contribution < 1.29 is 13.9 Å². The molecule has 0 amide bonds. The summed E-state index contributed by atoms with van der Waals surface area (Å²) in [6.07, 6.45) is 0. The fourth-order valence-electron chi connectivity index (χ4n) is 1.97. The molecule has 2 aromatic rings. The highest BCUT2D eigenvalue weighted by atomic mass is 35.5. The standard InChI is InChI=1S/C16H17ClFNO2/c1-19-9-11-8-12(20-2)6-7-16(11)21-10-13-14(17)4-3-5-15(13)18/h3-8,19H,9-10H2,1-2H3. The van der Waals surface area contributed by atoms with Crippen molar-refractivity contribution in [3.8, 4) is 11.5 Å². The molecule has 21 heavy (non-hydrogen) atoms. The molecule has 2 rings (SSSR count). The molecule has 0 bridgehead atoms. The highest BCUT2D eigenvalue weighted by Gasteiger charge is 2.10. The van der Waals surface area contributed by atoms with E-state index in [0.29, 0.717) is 22.9 Å². The largest absolute Gasteiger partial charge is 0.497 e. The van der Waals surface area contributed by atoms with E-state index < -0.39 is 0 Å². The zero-order valence-electron chi connectivity index (χ0n) is 12.0. The van der Waals surface area contributed by atoms with Crippen molar-refractivity contribution in [2.45, 2.75) is 13.2 Å². The van der Waals surface area contributed by atoms with Crippen molar-refractivity contribution in [3.63, 3.8) is 0 Å². The minimum absolute atomic E-state index is 0.0779. The third kappa shape index (κ3) is 3.86. The second kappa shape index (κ2) is 7.29. The monoisotopic (exact) mass is 309 g/mol.